The fourth-order valence-electron chi connectivity index (χ4n) is 1.97. The SMILES string of the molecule is CC1C(C=O)C(=O)N(c2ccccc2)N1C. The summed E-state index contributed by atoms with van der Waals surface area (Å²) in [5, 5.41) is 3.36. The van der Waals surface area contributed by atoms with Gasteiger partial charge in [-0.05, 0) is 19.1 Å². The fraction of sp³-hybridized carbons (Fsp3) is 0.333. The first kappa shape index (κ1) is 10.8. The van der Waals surface area contributed by atoms with Crippen molar-refractivity contribution in [2.75, 3.05) is 12.1 Å². The lowest BCUT2D eigenvalue weighted by atomic mass is 10.0. The molecule has 2 rings (SSSR count). The molecule has 4 nitrogen and oxygen atoms in total. The third kappa shape index (κ3) is 1.51. The predicted octanol–water partition coefficient (Wildman–Crippen LogP) is 1.08. The van der Waals surface area contributed by atoms with Gasteiger partial charge in [-0.3, -0.25) is 4.79 Å². The van der Waals surface area contributed by atoms with Crippen molar-refractivity contribution >= 4 is 17.9 Å². The van der Waals surface area contributed by atoms with Gasteiger partial charge in [-0.25, -0.2) is 10.0 Å². The van der Waals surface area contributed by atoms with Crippen LogP contribution in [0.3, 0.4) is 0 Å². The molecular weight excluding hydrogens is 204 g/mol. The zero-order valence-corrected chi connectivity index (χ0v) is 9.33. The van der Waals surface area contributed by atoms with Crippen LogP contribution in [-0.2, 0) is 9.59 Å². The summed E-state index contributed by atoms with van der Waals surface area (Å²) in [7, 11) is 1.82. The van der Waals surface area contributed by atoms with Gasteiger partial charge in [0.1, 0.15) is 12.2 Å². The Morgan fingerprint density at radius 3 is 2.38 bits per heavy atom. The van der Waals surface area contributed by atoms with Gasteiger partial charge >= 0.3 is 0 Å². The molecule has 0 N–H and O–H groups in total. The van der Waals surface area contributed by atoms with E-state index in [1.54, 1.807) is 10.0 Å². The van der Waals surface area contributed by atoms with Gasteiger partial charge in [-0.15, -0.1) is 0 Å². The van der Waals surface area contributed by atoms with Crippen LogP contribution in [-0.4, -0.2) is 30.3 Å². The monoisotopic (exact) mass is 218 g/mol. The summed E-state index contributed by atoms with van der Waals surface area (Å²) >= 11 is 0. The number of anilines is 1. The fourth-order valence-corrected chi connectivity index (χ4v) is 1.97. The minimum atomic E-state index is -0.565. The van der Waals surface area contributed by atoms with Crippen LogP contribution in [0.2, 0.25) is 0 Å². The van der Waals surface area contributed by atoms with E-state index in [1.165, 1.54) is 0 Å². The lowest BCUT2D eigenvalue weighted by Crippen LogP contribution is -2.38. The number of aldehydes is 1. The Hall–Kier alpha value is -1.68. The van der Waals surface area contributed by atoms with Crippen LogP contribution in [0.5, 0.6) is 0 Å². The number of para-hydroxylation sites is 1. The van der Waals surface area contributed by atoms with Gasteiger partial charge in [-0.2, -0.15) is 0 Å². The Balaban J connectivity index is 2.36. The number of nitrogens with zero attached hydrogens (tertiary/aromatic N) is 2. The molecule has 0 bridgehead atoms. The second kappa shape index (κ2) is 4.06. The van der Waals surface area contributed by atoms with Crippen molar-refractivity contribution in [2.45, 2.75) is 13.0 Å². The van der Waals surface area contributed by atoms with Crippen molar-refractivity contribution in [3.63, 3.8) is 0 Å². The van der Waals surface area contributed by atoms with Gasteiger partial charge in [0, 0.05) is 13.1 Å². The molecule has 84 valence electrons. The minimum absolute atomic E-state index is 0.0924. The molecule has 2 unspecified atom stereocenters. The van der Waals surface area contributed by atoms with E-state index in [0.717, 1.165) is 12.0 Å². The molecule has 1 saturated heterocycles. The van der Waals surface area contributed by atoms with E-state index in [1.807, 2.05) is 44.3 Å². The van der Waals surface area contributed by atoms with Crippen molar-refractivity contribution in [1.29, 1.82) is 0 Å². The van der Waals surface area contributed by atoms with Crippen molar-refractivity contribution in [3.8, 4) is 0 Å². The standard InChI is InChI=1S/C12H14N2O2/c1-9-11(8-15)12(16)14(13(9)2)10-6-4-3-5-7-10/h3-9,11H,1-2H3. The highest BCUT2D eigenvalue weighted by atomic mass is 16.2. The first-order valence-corrected chi connectivity index (χ1v) is 5.24. The molecule has 0 aliphatic carbocycles. The average molecular weight is 218 g/mol. The highest BCUT2D eigenvalue weighted by molar-refractivity contribution is 6.04. The molecule has 0 radical (unpaired) electrons. The molecular formula is C12H14N2O2. The summed E-state index contributed by atoms with van der Waals surface area (Å²) in [5.74, 6) is -0.721. The number of carbonyl (C=O) groups is 2. The van der Waals surface area contributed by atoms with Crippen molar-refractivity contribution in [3.05, 3.63) is 30.3 Å². The van der Waals surface area contributed by atoms with Crippen LogP contribution >= 0.6 is 0 Å². The average Bonchev–Trinajstić information content (AvgIpc) is 2.51. The maximum absolute atomic E-state index is 12.0. The van der Waals surface area contributed by atoms with E-state index in [4.69, 9.17) is 0 Å². The molecule has 1 heterocycles. The summed E-state index contributed by atoms with van der Waals surface area (Å²) in [4.78, 5) is 22.9. The van der Waals surface area contributed by atoms with E-state index in [-0.39, 0.29) is 11.9 Å². The molecule has 4 heteroatoms. The lowest BCUT2D eigenvalue weighted by molar-refractivity contribution is -0.125. The molecule has 0 spiro atoms. The molecule has 16 heavy (non-hydrogen) atoms. The summed E-state index contributed by atoms with van der Waals surface area (Å²) < 4.78 is 0. The topological polar surface area (TPSA) is 40.6 Å². The molecule has 1 amide bonds. The van der Waals surface area contributed by atoms with E-state index in [2.05, 4.69) is 0 Å². The zero-order chi connectivity index (χ0) is 11.7. The first-order valence-electron chi connectivity index (χ1n) is 5.24. The molecule has 0 saturated carbocycles. The Labute approximate surface area is 94.4 Å². The molecule has 0 aromatic heterocycles. The van der Waals surface area contributed by atoms with Gasteiger partial charge in [-0.1, -0.05) is 18.2 Å². The Kier molecular flexibility index (Phi) is 2.75. The Bertz CT molecular complexity index is 405. The number of hydrogen-bond donors (Lipinski definition) is 0. The number of carbonyl (C=O) groups excluding carboxylic acids is 2. The summed E-state index contributed by atoms with van der Waals surface area (Å²) in [6, 6.07) is 9.25. The van der Waals surface area contributed by atoms with Gasteiger partial charge in [0.05, 0.1) is 5.69 Å². The van der Waals surface area contributed by atoms with Crippen LogP contribution in [0.4, 0.5) is 5.69 Å². The van der Waals surface area contributed by atoms with Crippen LogP contribution in [0, 0.1) is 5.92 Å². The van der Waals surface area contributed by atoms with Crippen molar-refractivity contribution in [1.82, 2.24) is 5.01 Å². The molecule has 2 atom stereocenters. The lowest BCUT2D eigenvalue weighted by Gasteiger charge is -2.26. The molecule has 1 aromatic carbocycles. The summed E-state index contributed by atoms with van der Waals surface area (Å²) in [6.07, 6.45) is 0.729. The Morgan fingerprint density at radius 1 is 1.25 bits per heavy atom. The third-order valence-electron chi connectivity index (χ3n) is 3.07. The summed E-state index contributed by atoms with van der Waals surface area (Å²) in [6.45, 7) is 1.87. The number of amides is 1. The number of rotatable bonds is 2. The van der Waals surface area contributed by atoms with Gasteiger partial charge in [0.2, 0.25) is 0 Å². The highest BCUT2D eigenvalue weighted by Gasteiger charge is 2.42. The molecule has 1 aromatic rings. The molecule has 1 aliphatic heterocycles. The smallest absolute Gasteiger partial charge is 0.253 e. The highest BCUT2D eigenvalue weighted by Crippen LogP contribution is 2.28. The minimum Gasteiger partial charge on any atom is -0.302 e. The largest absolute Gasteiger partial charge is 0.302 e. The van der Waals surface area contributed by atoms with E-state index in [9.17, 15) is 9.59 Å². The maximum atomic E-state index is 12.0. The van der Waals surface area contributed by atoms with E-state index in [0.29, 0.717) is 0 Å². The Morgan fingerprint density at radius 2 is 1.88 bits per heavy atom. The van der Waals surface area contributed by atoms with Gasteiger partial charge in [0.15, 0.2) is 0 Å². The van der Waals surface area contributed by atoms with Crippen LogP contribution in [0.25, 0.3) is 0 Å². The van der Waals surface area contributed by atoms with Crippen molar-refractivity contribution < 1.29 is 9.59 Å². The van der Waals surface area contributed by atoms with E-state index < -0.39 is 5.92 Å². The van der Waals surface area contributed by atoms with Crippen LogP contribution in [0.15, 0.2) is 30.3 Å². The van der Waals surface area contributed by atoms with Crippen LogP contribution in [0.1, 0.15) is 6.92 Å². The van der Waals surface area contributed by atoms with Crippen molar-refractivity contribution in [2.24, 2.45) is 5.92 Å². The second-order valence-electron chi connectivity index (χ2n) is 3.96. The zero-order valence-electron chi connectivity index (χ0n) is 9.33. The maximum Gasteiger partial charge on any atom is 0.253 e. The van der Waals surface area contributed by atoms with Gasteiger partial charge < -0.3 is 4.79 Å². The quantitative estimate of drug-likeness (QED) is 0.551. The van der Waals surface area contributed by atoms with Crippen LogP contribution < -0.4 is 5.01 Å². The van der Waals surface area contributed by atoms with E-state index >= 15 is 0 Å². The second-order valence-corrected chi connectivity index (χ2v) is 3.96. The van der Waals surface area contributed by atoms with Gasteiger partial charge in [0.25, 0.3) is 5.91 Å². The molecule has 1 fully saturated rings. The third-order valence-corrected chi connectivity index (χ3v) is 3.07. The number of hydrazine groups is 1. The number of benzene rings is 1. The first-order chi connectivity index (χ1) is 7.66. The summed E-state index contributed by atoms with van der Waals surface area (Å²) in [5.41, 5.74) is 0.797. The predicted molar refractivity (Wildman–Crippen MR) is 60.7 cm³/mol. The number of hydrogen-bond acceptors (Lipinski definition) is 3. The normalized spacial score (nSPS) is 26.1. The molecule has 1 aliphatic rings.